The van der Waals surface area contributed by atoms with E-state index < -0.39 is 0 Å². The van der Waals surface area contributed by atoms with E-state index in [1.54, 1.807) is 7.11 Å². The number of ether oxygens (including phenoxy) is 2. The Kier molecular flexibility index (Phi) is 5.32. The van der Waals surface area contributed by atoms with E-state index in [2.05, 4.69) is 12.6 Å². The van der Waals surface area contributed by atoms with Gasteiger partial charge in [0.15, 0.2) is 11.5 Å². The Hall–Kier alpha value is -1.65. The molecule has 2 aromatic rings. The zero-order valence-corrected chi connectivity index (χ0v) is 12.2. The molecule has 0 heterocycles. The Morgan fingerprint density at radius 2 is 1.85 bits per heavy atom. The van der Waals surface area contributed by atoms with Gasteiger partial charge in [0.2, 0.25) is 0 Å². The second-order valence-electron chi connectivity index (χ2n) is 4.38. The summed E-state index contributed by atoms with van der Waals surface area (Å²) < 4.78 is 11.1. The van der Waals surface area contributed by atoms with Gasteiger partial charge in [-0.1, -0.05) is 36.4 Å². The van der Waals surface area contributed by atoms with Gasteiger partial charge in [0, 0.05) is 5.25 Å². The predicted molar refractivity (Wildman–Crippen MR) is 82.6 cm³/mol. The molecule has 0 radical (unpaired) electrons. The molecule has 2 rings (SSSR count). The molecule has 0 aromatic heterocycles. The first-order chi connectivity index (χ1) is 9.74. The Morgan fingerprint density at radius 1 is 1.10 bits per heavy atom. The van der Waals surface area contributed by atoms with Crippen LogP contribution in [0, 0.1) is 0 Å². The number of thiol groups is 1. The quantitative estimate of drug-likeness (QED) is 0.802. The maximum absolute atomic E-state index is 9.17. The highest BCUT2D eigenvalue weighted by Crippen LogP contribution is 2.32. The zero-order valence-electron chi connectivity index (χ0n) is 11.3. The molecule has 0 bridgehead atoms. The summed E-state index contributed by atoms with van der Waals surface area (Å²) in [5, 5.41) is 8.94. The molecule has 1 unspecified atom stereocenters. The highest BCUT2D eigenvalue weighted by molar-refractivity contribution is 7.80. The van der Waals surface area contributed by atoms with Crippen LogP contribution in [-0.4, -0.2) is 18.8 Å². The molecular formula is C16H18O3S. The van der Waals surface area contributed by atoms with E-state index in [1.165, 1.54) is 0 Å². The van der Waals surface area contributed by atoms with Crippen LogP contribution in [0.2, 0.25) is 0 Å². The second-order valence-corrected chi connectivity index (χ2v) is 5.01. The first-order valence-electron chi connectivity index (χ1n) is 6.38. The summed E-state index contributed by atoms with van der Waals surface area (Å²) in [6.07, 6.45) is 0. The number of hydrogen-bond acceptors (Lipinski definition) is 4. The lowest BCUT2D eigenvalue weighted by Gasteiger charge is -2.14. The fourth-order valence-corrected chi connectivity index (χ4v) is 2.01. The summed E-state index contributed by atoms with van der Waals surface area (Å²) in [4.78, 5) is 0. The van der Waals surface area contributed by atoms with Gasteiger partial charge in [0.1, 0.15) is 6.61 Å². The van der Waals surface area contributed by atoms with E-state index in [1.807, 2.05) is 48.5 Å². The van der Waals surface area contributed by atoms with Crippen LogP contribution in [0.1, 0.15) is 16.4 Å². The maximum Gasteiger partial charge on any atom is 0.161 e. The van der Waals surface area contributed by atoms with Crippen molar-refractivity contribution in [1.29, 1.82) is 0 Å². The van der Waals surface area contributed by atoms with Crippen LogP contribution >= 0.6 is 12.6 Å². The van der Waals surface area contributed by atoms with Crippen LogP contribution in [0.5, 0.6) is 11.5 Å². The molecule has 4 heteroatoms. The van der Waals surface area contributed by atoms with Crippen molar-refractivity contribution in [3.05, 3.63) is 59.7 Å². The second kappa shape index (κ2) is 7.22. The number of benzene rings is 2. The van der Waals surface area contributed by atoms with Gasteiger partial charge < -0.3 is 14.6 Å². The van der Waals surface area contributed by atoms with Crippen LogP contribution in [0.4, 0.5) is 0 Å². The van der Waals surface area contributed by atoms with Gasteiger partial charge in [-0.2, -0.15) is 12.6 Å². The van der Waals surface area contributed by atoms with Crippen molar-refractivity contribution in [3.8, 4) is 11.5 Å². The summed E-state index contributed by atoms with van der Waals surface area (Å²) in [6, 6.07) is 15.5. The molecular weight excluding hydrogens is 272 g/mol. The maximum atomic E-state index is 9.17. The molecule has 0 amide bonds. The molecule has 0 saturated carbocycles. The van der Waals surface area contributed by atoms with Crippen molar-refractivity contribution in [2.24, 2.45) is 0 Å². The highest BCUT2D eigenvalue weighted by Gasteiger charge is 2.10. The lowest BCUT2D eigenvalue weighted by Crippen LogP contribution is -2.01. The van der Waals surface area contributed by atoms with E-state index in [0.29, 0.717) is 18.1 Å². The standard InChI is InChI=1S/C16H18O3S/c1-18-14-8-7-13(16(20)10-17)9-15(14)19-11-12-5-3-2-4-6-12/h2-9,16-17,20H,10-11H2,1H3. The summed E-state index contributed by atoms with van der Waals surface area (Å²) in [5.74, 6) is 1.32. The summed E-state index contributed by atoms with van der Waals surface area (Å²) >= 11 is 4.32. The van der Waals surface area contributed by atoms with Crippen LogP contribution < -0.4 is 9.47 Å². The van der Waals surface area contributed by atoms with Gasteiger partial charge in [0.05, 0.1) is 13.7 Å². The molecule has 0 aliphatic carbocycles. The van der Waals surface area contributed by atoms with Crippen molar-refractivity contribution >= 4 is 12.6 Å². The Balaban J connectivity index is 2.16. The van der Waals surface area contributed by atoms with E-state index in [4.69, 9.17) is 14.6 Å². The number of aliphatic hydroxyl groups excluding tert-OH is 1. The average molecular weight is 290 g/mol. The van der Waals surface area contributed by atoms with Gasteiger partial charge in [-0.25, -0.2) is 0 Å². The predicted octanol–water partition coefficient (Wildman–Crippen LogP) is 3.24. The van der Waals surface area contributed by atoms with E-state index in [0.717, 1.165) is 11.1 Å². The summed E-state index contributed by atoms with van der Waals surface area (Å²) in [7, 11) is 1.61. The fraction of sp³-hybridized carbons (Fsp3) is 0.250. The molecule has 0 saturated heterocycles. The Labute approximate surface area is 124 Å². The van der Waals surface area contributed by atoms with Crippen molar-refractivity contribution in [3.63, 3.8) is 0 Å². The number of methoxy groups -OCH3 is 1. The molecule has 0 spiro atoms. The monoisotopic (exact) mass is 290 g/mol. The van der Waals surface area contributed by atoms with Crippen molar-refractivity contribution in [2.75, 3.05) is 13.7 Å². The Morgan fingerprint density at radius 3 is 2.50 bits per heavy atom. The smallest absolute Gasteiger partial charge is 0.161 e. The third-order valence-electron chi connectivity index (χ3n) is 2.98. The van der Waals surface area contributed by atoms with Gasteiger partial charge >= 0.3 is 0 Å². The molecule has 1 N–H and O–H groups in total. The minimum atomic E-state index is -0.222. The lowest BCUT2D eigenvalue weighted by atomic mass is 10.1. The number of aliphatic hydroxyl groups is 1. The van der Waals surface area contributed by atoms with Crippen LogP contribution in [0.3, 0.4) is 0 Å². The number of rotatable bonds is 6. The molecule has 0 aliphatic heterocycles. The molecule has 0 aliphatic rings. The molecule has 106 valence electrons. The normalized spacial score (nSPS) is 11.9. The van der Waals surface area contributed by atoms with Gasteiger partial charge in [-0.15, -0.1) is 0 Å². The van der Waals surface area contributed by atoms with Gasteiger partial charge in [0.25, 0.3) is 0 Å². The number of hydrogen-bond donors (Lipinski definition) is 2. The first-order valence-corrected chi connectivity index (χ1v) is 6.90. The zero-order chi connectivity index (χ0) is 14.4. The minimum Gasteiger partial charge on any atom is -0.493 e. The van der Waals surface area contributed by atoms with E-state index in [-0.39, 0.29) is 11.9 Å². The van der Waals surface area contributed by atoms with E-state index >= 15 is 0 Å². The molecule has 3 nitrogen and oxygen atoms in total. The molecule has 2 aromatic carbocycles. The lowest BCUT2D eigenvalue weighted by molar-refractivity contribution is 0.282. The van der Waals surface area contributed by atoms with Crippen LogP contribution in [0.25, 0.3) is 0 Å². The van der Waals surface area contributed by atoms with Crippen LogP contribution in [0.15, 0.2) is 48.5 Å². The molecule has 1 atom stereocenters. The van der Waals surface area contributed by atoms with Gasteiger partial charge in [-0.05, 0) is 23.3 Å². The van der Waals surface area contributed by atoms with Crippen molar-refractivity contribution in [1.82, 2.24) is 0 Å². The minimum absolute atomic E-state index is 0.0203. The Bertz CT molecular complexity index is 543. The highest BCUT2D eigenvalue weighted by atomic mass is 32.1. The SMILES string of the molecule is COc1ccc(C(S)CO)cc1OCc1ccccc1. The summed E-state index contributed by atoms with van der Waals surface area (Å²) in [6.45, 7) is 0.449. The molecule has 0 fully saturated rings. The fourth-order valence-electron chi connectivity index (χ4n) is 1.85. The van der Waals surface area contributed by atoms with Crippen LogP contribution in [-0.2, 0) is 6.61 Å². The van der Waals surface area contributed by atoms with Gasteiger partial charge in [-0.3, -0.25) is 0 Å². The van der Waals surface area contributed by atoms with E-state index in [9.17, 15) is 0 Å². The summed E-state index contributed by atoms with van der Waals surface area (Å²) in [5.41, 5.74) is 1.99. The van der Waals surface area contributed by atoms with Crippen molar-refractivity contribution < 1.29 is 14.6 Å². The molecule has 20 heavy (non-hydrogen) atoms. The third kappa shape index (κ3) is 3.68. The third-order valence-corrected chi connectivity index (χ3v) is 3.44. The topological polar surface area (TPSA) is 38.7 Å². The first kappa shape index (κ1) is 14.8. The largest absolute Gasteiger partial charge is 0.493 e. The van der Waals surface area contributed by atoms with Crippen molar-refractivity contribution in [2.45, 2.75) is 11.9 Å². The average Bonchev–Trinajstić information content (AvgIpc) is 2.52.